The zero-order valence-electron chi connectivity index (χ0n) is 10.1. The van der Waals surface area contributed by atoms with Crippen molar-refractivity contribution in [3.05, 3.63) is 35.4 Å². The summed E-state index contributed by atoms with van der Waals surface area (Å²) >= 11 is 0. The maximum Gasteiger partial charge on any atom is 0.180 e. The first-order valence-electron chi connectivity index (χ1n) is 5.92. The number of fused-ring (bicyclic) bond motifs is 1. The molecule has 1 aromatic carbocycles. The van der Waals surface area contributed by atoms with E-state index in [2.05, 4.69) is 42.8 Å². The van der Waals surface area contributed by atoms with Gasteiger partial charge in [-0.3, -0.25) is 0 Å². The van der Waals surface area contributed by atoms with Gasteiger partial charge in [0.1, 0.15) is 7.05 Å². The maximum atomic E-state index is 5.65. The minimum absolute atomic E-state index is 0.358. The van der Waals surface area contributed by atoms with Crippen molar-refractivity contribution in [1.29, 1.82) is 0 Å². The van der Waals surface area contributed by atoms with Crippen molar-refractivity contribution in [3.63, 3.8) is 0 Å². The van der Waals surface area contributed by atoms with E-state index in [4.69, 9.17) is 4.74 Å². The van der Waals surface area contributed by atoms with E-state index < -0.39 is 0 Å². The van der Waals surface area contributed by atoms with E-state index in [1.54, 1.807) is 0 Å². The van der Waals surface area contributed by atoms with Crippen LogP contribution in [0.15, 0.2) is 24.3 Å². The number of ether oxygens (including phenoxy) is 1. The molecule has 1 aliphatic carbocycles. The van der Waals surface area contributed by atoms with Crippen LogP contribution in [0.1, 0.15) is 36.4 Å². The Kier molecular flexibility index (Phi) is 2.15. The molecule has 0 radical (unpaired) electrons. The summed E-state index contributed by atoms with van der Waals surface area (Å²) in [6.45, 7) is 2.23. The van der Waals surface area contributed by atoms with Crippen LogP contribution in [0.5, 0.6) is 0 Å². The standard InChI is InChI=1S/C14H18NO/c1-9-14-11-7-5-4-6-10(11)12(15(9)2)8-13(14)16-3/h4-7,12-14H,8H2,1-3H3/q+1/t12-,13+,14-/m0/s1. The number of hydrogen-bond donors (Lipinski definition) is 0. The summed E-state index contributed by atoms with van der Waals surface area (Å²) in [6.07, 6.45) is 1.47. The summed E-state index contributed by atoms with van der Waals surface area (Å²) in [6, 6.07) is 9.31. The fraction of sp³-hybridized carbons (Fsp3) is 0.500. The minimum atomic E-state index is 0.358. The van der Waals surface area contributed by atoms with Crippen LogP contribution in [-0.4, -0.2) is 30.5 Å². The van der Waals surface area contributed by atoms with Gasteiger partial charge in [-0.2, -0.15) is 0 Å². The Bertz CT molecular complexity index is 464. The summed E-state index contributed by atoms with van der Waals surface area (Å²) in [5, 5.41) is 0. The summed E-state index contributed by atoms with van der Waals surface area (Å²) in [7, 11) is 4.04. The first-order chi connectivity index (χ1) is 7.74. The average molecular weight is 216 g/mol. The van der Waals surface area contributed by atoms with E-state index in [1.165, 1.54) is 16.8 Å². The molecule has 2 heterocycles. The molecule has 0 spiro atoms. The molecular formula is C14H18NO+. The van der Waals surface area contributed by atoms with E-state index in [0.717, 1.165) is 6.42 Å². The van der Waals surface area contributed by atoms with Crippen molar-refractivity contribution in [2.24, 2.45) is 0 Å². The Morgan fingerprint density at radius 1 is 1.25 bits per heavy atom. The third-order valence-electron chi connectivity index (χ3n) is 4.29. The predicted molar refractivity (Wildman–Crippen MR) is 64.2 cm³/mol. The van der Waals surface area contributed by atoms with Crippen molar-refractivity contribution in [2.75, 3.05) is 14.2 Å². The van der Waals surface area contributed by atoms with Gasteiger partial charge in [0.25, 0.3) is 0 Å². The van der Waals surface area contributed by atoms with E-state index >= 15 is 0 Å². The van der Waals surface area contributed by atoms with Crippen molar-refractivity contribution in [3.8, 4) is 0 Å². The van der Waals surface area contributed by atoms with E-state index in [-0.39, 0.29) is 0 Å². The van der Waals surface area contributed by atoms with E-state index in [0.29, 0.717) is 18.1 Å². The zero-order chi connectivity index (χ0) is 11.3. The highest BCUT2D eigenvalue weighted by atomic mass is 16.5. The Hall–Kier alpha value is -1.15. The van der Waals surface area contributed by atoms with E-state index in [9.17, 15) is 0 Å². The van der Waals surface area contributed by atoms with Gasteiger partial charge < -0.3 is 4.74 Å². The maximum absolute atomic E-state index is 5.65. The molecule has 3 atom stereocenters. The van der Waals surface area contributed by atoms with Crippen molar-refractivity contribution in [1.82, 2.24) is 0 Å². The third-order valence-corrected chi connectivity index (χ3v) is 4.29. The summed E-state index contributed by atoms with van der Waals surface area (Å²) < 4.78 is 8.07. The van der Waals surface area contributed by atoms with Crippen LogP contribution in [0, 0.1) is 0 Å². The molecule has 0 aromatic heterocycles. The van der Waals surface area contributed by atoms with E-state index in [1.807, 2.05) is 7.11 Å². The lowest BCUT2D eigenvalue weighted by atomic mass is 9.72. The van der Waals surface area contributed by atoms with Crippen molar-refractivity contribution in [2.45, 2.75) is 31.4 Å². The lowest BCUT2D eigenvalue weighted by molar-refractivity contribution is -0.558. The highest BCUT2D eigenvalue weighted by Gasteiger charge is 2.47. The molecule has 0 saturated heterocycles. The molecule has 0 amide bonds. The second kappa shape index (κ2) is 3.42. The fourth-order valence-electron chi connectivity index (χ4n) is 3.34. The molecule has 0 unspecified atom stereocenters. The Morgan fingerprint density at radius 3 is 2.62 bits per heavy atom. The summed E-state index contributed by atoms with van der Waals surface area (Å²) in [4.78, 5) is 0. The van der Waals surface area contributed by atoms with Crippen LogP contribution >= 0.6 is 0 Å². The number of rotatable bonds is 1. The summed E-state index contributed by atoms with van der Waals surface area (Å²) in [5.41, 5.74) is 4.41. The largest absolute Gasteiger partial charge is 0.380 e. The van der Waals surface area contributed by atoms with Crippen LogP contribution in [0.2, 0.25) is 0 Å². The number of nitrogens with zero attached hydrogens (tertiary/aromatic N) is 1. The highest BCUT2D eigenvalue weighted by molar-refractivity contribution is 5.87. The third kappa shape index (κ3) is 1.14. The Labute approximate surface area is 96.6 Å². The highest BCUT2D eigenvalue weighted by Crippen LogP contribution is 2.45. The second-order valence-electron chi connectivity index (χ2n) is 4.88. The van der Waals surface area contributed by atoms with Gasteiger partial charge in [0.2, 0.25) is 0 Å². The predicted octanol–water partition coefficient (Wildman–Crippen LogP) is 2.35. The molecule has 0 fully saturated rings. The van der Waals surface area contributed by atoms with Gasteiger partial charge in [-0.1, -0.05) is 24.3 Å². The van der Waals surface area contributed by atoms with Crippen molar-refractivity contribution < 1.29 is 9.31 Å². The second-order valence-corrected chi connectivity index (χ2v) is 4.88. The van der Waals surface area contributed by atoms with Crippen LogP contribution in [0.4, 0.5) is 0 Å². The molecule has 2 bridgehead atoms. The van der Waals surface area contributed by atoms with Gasteiger partial charge in [0.15, 0.2) is 11.8 Å². The van der Waals surface area contributed by atoms with Crippen LogP contribution in [-0.2, 0) is 4.74 Å². The van der Waals surface area contributed by atoms with Crippen molar-refractivity contribution >= 4 is 5.71 Å². The monoisotopic (exact) mass is 216 g/mol. The molecule has 2 nitrogen and oxygen atoms in total. The molecular weight excluding hydrogens is 198 g/mol. The molecule has 1 aromatic rings. The molecule has 0 N–H and O–H groups in total. The number of methoxy groups -OCH3 is 1. The summed E-state index contributed by atoms with van der Waals surface area (Å²) in [5.74, 6) is 0.455. The lowest BCUT2D eigenvalue weighted by Gasteiger charge is -2.39. The zero-order valence-corrected chi connectivity index (χ0v) is 10.1. The number of benzene rings is 1. The topological polar surface area (TPSA) is 12.2 Å². The fourth-order valence-corrected chi connectivity index (χ4v) is 3.34. The first kappa shape index (κ1) is 10.0. The molecule has 4 rings (SSSR count). The normalized spacial score (nSPS) is 31.8. The molecule has 2 heteroatoms. The van der Waals surface area contributed by atoms with Gasteiger partial charge in [0.05, 0.1) is 12.0 Å². The quantitative estimate of drug-likeness (QED) is 0.656. The van der Waals surface area contributed by atoms with Crippen LogP contribution in [0.3, 0.4) is 0 Å². The van der Waals surface area contributed by atoms with Gasteiger partial charge in [0, 0.05) is 26.0 Å². The van der Waals surface area contributed by atoms with Gasteiger partial charge >= 0.3 is 0 Å². The Morgan fingerprint density at radius 2 is 1.94 bits per heavy atom. The minimum Gasteiger partial charge on any atom is -0.380 e. The molecule has 3 aliphatic rings. The van der Waals surface area contributed by atoms with Gasteiger partial charge in [-0.15, -0.1) is 0 Å². The van der Waals surface area contributed by atoms with Gasteiger partial charge in [-0.05, 0) is 5.56 Å². The van der Waals surface area contributed by atoms with Crippen LogP contribution in [0.25, 0.3) is 0 Å². The smallest absolute Gasteiger partial charge is 0.180 e. The Balaban J connectivity index is 2.20. The van der Waals surface area contributed by atoms with Crippen LogP contribution < -0.4 is 0 Å². The lowest BCUT2D eigenvalue weighted by Crippen LogP contribution is -2.45. The molecule has 16 heavy (non-hydrogen) atoms. The first-order valence-corrected chi connectivity index (χ1v) is 5.92. The molecule has 84 valence electrons. The van der Waals surface area contributed by atoms with Gasteiger partial charge in [-0.25, -0.2) is 4.58 Å². The SMILES string of the molecule is CO[C@@H]1C[C@H]2c3ccccc3[C@@H]1C(C)=[N+]2C. The average Bonchev–Trinajstić information content (AvgIpc) is 2.34. The molecule has 0 saturated carbocycles. The molecule has 2 aliphatic heterocycles. The number of hydrogen-bond acceptors (Lipinski definition) is 1.